The molecule has 1 aromatic heterocycles. The van der Waals surface area contributed by atoms with Gasteiger partial charge in [-0.3, -0.25) is 4.79 Å². The van der Waals surface area contributed by atoms with Crippen LogP contribution in [0, 0.1) is 12.8 Å². The molecule has 1 atom stereocenters. The lowest BCUT2D eigenvalue weighted by Gasteiger charge is -2.21. The van der Waals surface area contributed by atoms with Crippen LogP contribution in [-0.4, -0.2) is 46.4 Å². The molecule has 0 radical (unpaired) electrons. The molecule has 1 unspecified atom stereocenters. The van der Waals surface area contributed by atoms with Gasteiger partial charge < -0.3 is 9.67 Å². The van der Waals surface area contributed by atoms with E-state index in [2.05, 4.69) is 4.98 Å². The van der Waals surface area contributed by atoms with Crippen molar-refractivity contribution in [2.24, 2.45) is 5.92 Å². The van der Waals surface area contributed by atoms with Gasteiger partial charge in [0.2, 0.25) is 0 Å². The number of carboxylic acid groups (broad SMARTS) is 1. The summed E-state index contributed by atoms with van der Waals surface area (Å²) in [5, 5.41) is 8.88. The third kappa shape index (κ3) is 3.37. The topological polar surface area (TPSA) is 92.5 Å². The van der Waals surface area contributed by atoms with Gasteiger partial charge in [0.15, 0.2) is 5.03 Å². The Bertz CT molecular complexity index is 580. The number of nitrogens with zero attached hydrogens (tertiary/aromatic N) is 3. The van der Waals surface area contributed by atoms with E-state index in [0.717, 1.165) is 4.31 Å². The molecule has 1 N–H and O–H groups in total. The number of sulfonamides is 1. The van der Waals surface area contributed by atoms with E-state index in [1.165, 1.54) is 13.1 Å². The Morgan fingerprint density at radius 3 is 2.50 bits per heavy atom. The highest BCUT2D eigenvalue weighted by atomic mass is 32.2. The van der Waals surface area contributed by atoms with Crippen molar-refractivity contribution in [2.45, 2.75) is 39.3 Å². The van der Waals surface area contributed by atoms with Crippen molar-refractivity contribution < 1.29 is 18.3 Å². The second-order valence-corrected chi connectivity index (χ2v) is 6.49. The van der Waals surface area contributed by atoms with Crippen LogP contribution in [0.5, 0.6) is 0 Å². The summed E-state index contributed by atoms with van der Waals surface area (Å²) in [4.78, 5) is 14.9. The zero-order valence-electron chi connectivity index (χ0n) is 12.2. The van der Waals surface area contributed by atoms with Crippen LogP contribution in [-0.2, 0) is 21.4 Å². The summed E-state index contributed by atoms with van der Waals surface area (Å²) >= 11 is 0. The molecule has 20 heavy (non-hydrogen) atoms. The molecule has 0 saturated heterocycles. The fourth-order valence-corrected chi connectivity index (χ4v) is 3.37. The molecule has 114 valence electrons. The third-order valence-electron chi connectivity index (χ3n) is 3.15. The fraction of sp³-hybridized carbons (Fsp3) is 0.667. The van der Waals surface area contributed by atoms with Gasteiger partial charge in [0.25, 0.3) is 10.0 Å². The maximum atomic E-state index is 12.5. The monoisotopic (exact) mass is 303 g/mol. The van der Waals surface area contributed by atoms with E-state index in [1.54, 1.807) is 18.4 Å². The predicted octanol–water partition coefficient (Wildman–Crippen LogP) is 0.943. The van der Waals surface area contributed by atoms with Crippen molar-refractivity contribution in [3.05, 3.63) is 12.0 Å². The molecule has 0 saturated carbocycles. The van der Waals surface area contributed by atoms with Crippen molar-refractivity contribution in [2.75, 3.05) is 13.1 Å². The van der Waals surface area contributed by atoms with Crippen LogP contribution in [0.1, 0.15) is 26.6 Å². The minimum atomic E-state index is -3.75. The maximum Gasteiger partial charge on any atom is 0.307 e. The van der Waals surface area contributed by atoms with E-state index in [0.29, 0.717) is 12.4 Å². The first-order valence-electron chi connectivity index (χ1n) is 6.50. The van der Waals surface area contributed by atoms with Gasteiger partial charge >= 0.3 is 5.97 Å². The largest absolute Gasteiger partial charge is 0.481 e. The lowest BCUT2D eigenvalue weighted by molar-refractivity contribution is -0.141. The molecule has 7 nitrogen and oxygen atoms in total. The highest BCUT2D eigenvalue weighted by molar-refractivity contribution is 7.89. The van der Waals surface area contributed by atoms with Crippen molar-refractivity contribution in [3.63, 3.8) is 0 Å². The SMILES string of the molecule is CCN(CC(C)C(=O)O)S(=O)(=O)c1cn(CC)c(C)n1. The molecule has 0 aromatic carbocycles. The molecule has 1 rings (SSSR count). The van der Waals surface area contributed by atoms with Crippen LogP contribution in [0.15, 0.2) is 11.2 Å². The van der Waals surface area contributed by atoms with Gasteiger partial charge in [-0.25, -0.2) is 13.4 Å². The molecule has 0 aliphatic rings. The molecule has 0 aliphatic heterocycles. The molecule has 0 aliphatic carbocycles. The second kappa shape index (κ2) is 6.36. The third-order valence-corrected chi connectivity index (χ3v) is 4.96. The Morgan fingerprint density at radius 1 is 1.50 bits per heavy atom. The van der Waals surface area contributed by atoms with Gasteiger partial charge in [-0.15, -0.1) is 0 Å². The van der Waals surface area contributed by atoms with E-state index >= 15 is 0 Å². The van der Waals surface area contributed by atoms with Crippen LogP contribution < -0.4 is 0 Å². The Labute approximate surface area is 119 Å². The number of aryl methyl sites for hydroxylation is 2. The highest BCUT2D eigenvalue weighted by Gasteiger charge is 2.29. The summed E-state index contributed by atoms with van der Waals surface area (Å²) in [6.07, 6.45) is 1.48. The van der Waals surface area contributed by atoms with Crippen molar-refractivity contribution in [1.82, 2.24) is 13.9 Å². The average Bonchev–Trinajstić information content (AvgIpc) is 2.77. The van der Waals surface area contributed by atoms with E-state index in [4.69, 9.17) is 5.11 Å². The number of aliphatic carboxylic acids is 1. The lowest BCUT2D eigenvalue weighted by atomic mass is 10.2. The molecule has 0 spiro atoms. The van der Waals surface area contributed by atoms with Crippen molar-refractivity contribution in [3.8, 4) is 0 Å². The first-order chi connectivity index (χ1) is 9.23. The number of imidazole rings is 1. The van der Waals surface area contributed by atoms with Crippen LogP contribution in [0.3, 0.4) is 0 Å². The van der Waals surface area contributed by atoms with Gasteiger partial charge in [-0.1, -0.05) is 13.8 Å². The molecular formula is C12H21N3O4S. The number of carbonyl (C=O) groups is 1. The van der Waals surface area contributed by atoms with Crippen LogP contribution in [0.2, 0.25) is 0 Å². The first kappa shape index (κ1) is 16.6. The Balaban J connectivity index is 3.08. The molecular weight excluding hydrogens is 282 g/mol. The fourth-order valence-electron chi connectivity index (χ4n) is 1.84. The lowest BCUT2D eigenvalue weighted by Crippen LogP contribution is -2.36. The molecule has 0 fully saturated rings. The first-order valence-corrected chi connectivity index (χ1v) is 7.94. The smallest absolute Gasteiger partial charge is 0.307 e. The summed E-state index contributed by atoms with van der Waals surface area (Å²) in [7, 11) is -3.75. The van der Waals surface area contributed by atoms with E-state index in [-0.39, 0.29) is 18.1 Å². The average molecular weight is 303 g/mol. The zero-order valence-corrected chi connectivity index (χ0v) is 13.0. The van der Waals surface area contributed by atoms with Crippen LogP contribution in [0.25, 0.3) is 0 Å². The highest BCUT2D eigenvalue weighted by Crippen LogP contribution is 2.16. The van der Waals surface area contributed by atoms with Gasteiger partial charge in [0, 0.05) is 25.8 Å². The van der Waals surface area contributed by atoms with Gasteiger partial charge in [-0.05, 0) is 13.8 Å². The molecule has 1 aromatic rings. The number of hydrogen-bond donors (Lipinski definition) is 1. The number of hydrogen-bond acceptors (Lipinski definition) is 4. The predicted molar refractivity (Wildman–Crippen MR) is 73.9 cm³/mol. The minimum absolute atomic E-state index is 0.0312. The quantitative estimate of drug-likeness (QED) is 0.809. The summed E-state index contributed by atoms with van der Waals surface area (Å²) in [5.74, 6) is -1.17. The van der Waals surface area contributed by atoms with Crippen molar-refractivity contribution >= 4 is 16.0 Å². The summed E-state index contributed by atoms with van der Waals surface area (Å²) in [5.41, 5.74) is 0. The minimum Gasteiger partial charge on any atom is -0.481 e. The van der Waals surface area contributed by atoms with Crippen LogP contribution in [0.4, 0.5) is 0 Å². The summed E-state index contributed by atoms with van der Waals surface area (Å²) < 4.78 is 27.8. The number of rotatable bonds is 7. The van der Waals surface area contributed by atoms with Gasteiger partial charge in [-0.2, -0.15) is 4.31 Å². The van der Waals surface area contributed by atoms with Crippen molar-refractivity contribution in [1.29, 1.82) is 0 Å². The normalized spacial score (nSPS) is 13.7. The molecule has 0 bridgehead atoms. The standard InChI is InChI=1S/C12H21N3O4S/c1-5-14-8-11(13-10(14)4)20(18,19)15(6-2)7-9(3)12(16)17/h8-9H,5-7H2,1-4H3,(H,16,17). The van der Waals surface area contributed by atoms with Gasteiger partial charge in [0.05, 0.1) is 5.92 Å². The van der Waals surface area contributed by atoms with Gasteiger partial charge in [0.1, 0.15) is 5.82 Å². The summed E-state index contributed by atoms with van der Waals surface area (Å²) in [6, 6.07) is 0. The Morgan fingerprint density at radius 2 is 2.10 bits per heavy atom. The van der Waals surface area contributed by atoms with E-state index in [1.807, 2.05) is 6.92 Å². The molecule has 8 heteroatoms. The van der Waals surface area contributed by atoms with Crippen LogP contribution >= 0.6 is 0 Å². The molecule has 1 heterocycles. The maximum absolute atomic E-state index is 12.5. The number of carboxylic acids is 1. The van der Waals surface area contributed by atoms with E-state index < -0.39 is 21.9 Å². The number of aromatic nitrogens is 2. The summed E-state index contributed by atoms with van der Waals surface area (Å²) in [6.45, 7) is 7.57. The zero-order chi connectivity index (χ0) is 15.5. The van der Waals surface area contributed by atoms with E-state index in [9.17, 15) is 13.2 Å². The second-order valence-electron chi connectivity index (χ2n) is 4.61. The molecule has 0 amide bonds. The Hall–Kier alpha value is -1.41. The Kier molecular flexibility index (Phi) is 5.29.